The zero-order valence-corrected chi connectivity index (χ0v) is 15.6. The molecule has 1 atom stereocenters. The van der Waals surface area contributed by atoms with Crippen LogP contribution in [0.5, 0.6) is 0 Å². The fraction of sp³-hybridized carbons (Fsp3) is 0.500. The lowest BCUT2D eigenvalue weighted by Gasteiger charge is -2.32. The fourth-order valence-electron chi connectivity index (χ4n) is 3.96. The molecule has 0 bridgehead atoms. The van der Waals surface area contributed by atoms with Gasteiger partial charge in [-0.25, -0.2) is 0 Å². The van der Waals surface area contributed by atoms with Crippen molar-refractivity contribution in [3.63, 3.8) is 0 Å². The topological polar surface area (TPSA) is 37.6 Å². The second-order valence-electron chi connectivity index (χ2n) is 7.48. The SMILES string of the molecule is C[C@H]1CCc2sc(C(=O)N3CC[NH+](Cc4ccncc4)CC3)cc2C1. The fourth-order valence-corrected chi connectivity index (χ4v) is 5.14. The highest BCUT2D eigenvalue weighted by atomic mass is 32.1. The van der Waals surface area contributed by atoms with E-state index in [0.29, 0.717) is 0 Å². The maximum atomic E-state index is 12.9. The number of piperazine rings is 1. The Morgan fingerprint density at radius 2 is 2.08 bits per heavy atom. The monoisotopic (exact) mass is 356 g/mol. The van der Waals surface area contributed by atoms with Gasteiger partial charge in [-0.3, -0.25) is 9.78 Å². The molecule has 5 heteroatoms. The van der Waals surface area contributed by atoms with Crippen LogP contribution in [0, 0.1) is 5.92 Å². The molecule has 25 heavy (non-hydrogen) atoms. The van der Waals surface area contributed by atoms with Crippen LogP contribution in [0.2, 0.25) is 0 Å². The number of hydrogen-bond acceptors (Lipinski definition) is 3. The van der Waals surface area contributed by atoms with Gasteiger partial charge in [-0.15, -0.1) is 11.3 Å². The maximum Gasteiger partial charge on any atom is 0.264 e. The number of pyridine rings is 1. The first-order valence-corrected chi connectivity index (χ1v) is 10.1. The highest BCUT2D eigenvalue weighted by Gasteiger charge is 2.27. The molecule has 1 aliphatic carbocycles. The summed E-state index contributed by atoms with van der Waals surface area (Å²) in [5, 5.41) is 0. The number of thiophene rings is 1. The van der Waals surface area contributed by atoms with Crippen molar-refractivity contribution >= 4 is 17.2 Å². The smallest absolute Gasteiger partial charge is 0.264 e. The van der Waals surface area contributed by atoms with Gasteiger partial charge in [0, 0.05) is 22.8 Å². The van der Waals surface area contributed by atoms with Crippen molar-refractivity contribution in [2.45, 2.75) is 32.7 Å². The van der Waals surface area contributed by atoms with E-state index in [1.807, 2.05) is 12.4 Å². The van der Waals surface area contributed by atoms with Gasteiger partial charge in [0.1, 0.15) is 6.54 Å². The number of aryl methyl sites for hydroxylation is 1. The van der Waals surface area contributed by atoms with Crippen LogP contribution < -0.4 is 4.90 Å². The van der Waals surface area contributed by atoms with E-state index in [9.17, 15) is 4.79 Å². The number of carbonyl (C=O) groups excluding carboxylic acids is 1. The number of carbonyl (C=O) groups is 1. The van der Waals surface area contributed by atoms with Crippen molar-refractivity contribution in [3.05, 3.63) is 51.5 Å². The van der Waals surface area contributed by atoms with Gasteiger partial charge in [-0.1, -0.05) is 6.92 Å². The number of aromatic nitrogens is 1. The van der Waals surface area contributed by atoms with Crippen LogP contribution in [0.4, 0.5) is 0 Å². The van der Waals surface area contributed by atoms with Crippen molar-refractivity contribution < 1.29 is 9.69 Å². The Bertz CT molecular complexity index is 735. The lowest BCUT2D eigenvalue weighted by Crippen LogP contribution is -3.13. The van der Waals surface area contributed by atoms with Crippen LogP contribution in [0.15, 0.2) is 30.6 Å². The molecule has 0 spiro atoms. The molecule has 0 aromatic carbocycles. The third kappa shape index (κ3) is 3.77. The van der Waals surface area contributed by atoms with Crippen molar-refractivity contribution in [3.8, 4) is 0 Å². The van der Waals surface area contributed by atoms with E-state index in [4.69, 9.17) is 0 Å². The first-order valence-electron chi connectivity index (χ1n) is 9.32. The Morgan fingerprint density at radius 3 is 2.84 bits per heavy atom. The van der Waals surface area contributed by atoms with Crippen molar-refractivity contribution in [1.82, 2.24) is 9.88 Å². The zero-order valence-electron chi connectivity index (χ0n) is 14.8. The van der Waals surface area contributed by atoms with Crippen LogP contribution in [-0.2, 0) is 19.4 Å². The molecule has 1 N–H and O–H groups in total. The molecule has 1 fully saturated rings. The van der Waals surface area contributed by atoms with Crippen LogP contribution in [0.3, 0.4) is 0 Å². The molecule has 1 aliphatic heterocycles. The van der Waals surface area contributed by atoms with Crippen molar-refractivity contribution in [2.75, 3.05) is 26.2 Å². The molecule has 0 saturated carbocycles. The van der Waals surface area contributed by atoms with E-state index >= 15 is 0 Å². The minimum absolute atomic E-state index is 0.245. The first kappa shape index (κ1) is 16.7. The molecule has 0 radical (unpaired) electrons. The van der Waals surface area contributed by atoms with Crippen molar-refractivity contribution in [1.29, 1.82) is 0 Å². The molecular formula is C20H26N3OS+. The third-order valence-electron chi connectivity index (χ3n) is 5.50. The summed E-state index contributed by atoms with van der Waals surface area (Å²) in [6, 6.07) is 6.34. The van der Waals surface area contributed by atoms with Gasteiger partial charge in [-0.2, -0.15) is 0 Å². The van der Waals surface area contributed by atoms with Gasteiger partial charge >= 0.3 is 0 Å². The summed E-state index contributed by atoms with van der Waals surface area (Å²) < 4.78 is 0. The molecule has 132 valence electrons. The summed E-state index contributed by atoms with van der Waals surface area (Å²) in [7, 11) is 0. The molecule has 3 heterocycles. The minimum Gasteiger partial charge on any atom is -0.328 e. The molecule has 4 nitrogen and oxygen atoms in total. The Kier molecular flexibility index (Phi) is 4.86. The standard InChI is InChI=1S/C20H25N3OS/c1-15-2-3-18-17(12-15)13-19(25-18)20(24)23-10-8-22(9-11-23)14-16-4-6-21-7-5-16/h4-7,13,15H,2-3,8-12,14H2,1H3/p+1/t15-/m0/s1. The molecule has 1 saturated heterocycles. The Hall–Kier alpha value is -1.72. The summed E-state index contributed by atoms with van der Waals surface area (Å²) in [6.45, 7) is 7.10. The Morgan fingerprint density at radius 1 is 1.32 bits per heavy atom. The van der Waals surface area contributed by atoms with E-state index in [2.05, 4.69) is 35.0 Å². The molecule has 2 aromatic rings. The number of amides is 1. The van der Waals surface area contributed by atoms with Crippen LogP contribution in [0.1, 0.15) is 39.0 Å². The summed E-state index contributed by atoms with van der Waals surface area (Å²) in [5.74, 6) is 1.00. The molecule has 4 rings (SSSR count). The number of nitrogens with zero attached hydrogens (tertiary/aromatic N) is 2. The van der Waals surface area contributed by atoms with Crippen molar-refractivity contribution in [2.24, 2.45) is 5.92 Å². The largest absolute Gasteiger partial charge is 0.328 e. The van der Waals surface area contributed by atoms with E-state index in [-0.39, 0.29) is 5.91 Å². The van der Waals surface area contributed by atoms with Gasteiger partial charge in [-0.05, 0) is 48.9 Å². The number of hydrogen-bond donors (Lipinski definition) is 1. The summed E-state index contributed by atoms with van der Waals surface area (Å²) >= 11 is 1.74. The van der Waals surface area contributed by atoms with Crippen LogP contribution in [-0.4, -0.2) is 42.0 Å². The minimum atomic E-state index is 0.245. The highest BCUT2D eigenvalue weighted by Crippen LogP contribution is 2.32. The first-order chi connectivity index (χ1) is 12.2. The van der Waals surface area contributed by atoms with E-state index in [1.54, 1.807) is 16.2 Å². The Balaban J connectivity index is 1.35. The lowest BCUT2D eigenvalue weighted by atomic mass is 9.90. The second-order valence-corrected chi connectivity index (χ2v) is 8.62. The van der Waals surface area contributed by atoms with Crippen LogP contribution in [0.25, 0.3) is 0 Å². The predicted molar refractivity (Wildman–Crippen MR) is 100 cm³/mol. The van der Waals surface area contributed by atoms with E-state index < -0.39 is 0 Å². The van der Waals surface area contributed by atoms with Gasteiger partial charge < -0.3 is 9.80 Å². The molecule has 2 aromatic heterocycles. The van der Waals surface area contributed by atoms with Gasteiger partial charge in [0.25, 0.3) is 5.91 Å². The summed E-state index contributed by atoms with van der Waals surface area (Å²) in [5.41, 5.74) is 2.75. The number of nitrogens with one attached hydrogen (secondary N) is 1. The van der Waals surface area contributed by atoms with Gasteiger partial charge in [0.2, 0.25) is 0 Å². The van der Waals surface area contributed by atoms with E-state index in [0.717, 1.165) is 56.4 Å². The highest BCUT2D eigenvalue weighted by molar-refractivity contribution is 7.14. The Labute approximate surface area is 153 Å². The third-order valence-corrected chi connectivity index (χ3v) is 6.73. The van der Waals surface area contributed by atoms with Crippen LogP contribution >= 0.6 is 11.3 Å². The van der Waals surface area contributed by atoms with E-state index in [1.165, 1.54) is 22.4 Å². The molecule has 0 unspecified atom stereocenters. The molecule has 1 amide bonds. The summed E-state index contributed by atoms with van der Waals surface area (Å²) in [4.78, 5) is 23.0. The average molecular weight is 357 g/mol. The zero-order chi connectivity index (χ0) is 17.2. The normalized spacial score (nSPS) is 21.2. The summed E-state index contributed by atoms with van der Waals surface area (Å²) in [6.07, 6.45) is 7.27. The number of quaternary nitrogens is 1. The number of rotatable bonds is 3. The number of fused-ring (bicyclic) bond motifs is 1. The average Bonchev–Trinajstić information content (AvgIpc) is 3.06. The maximum absolute atomic E-state index is 12.9. The molecule has 2 aliphatic rings. The quantitative estimate of drug-likeness (QED) is 0.911. The predicted octanol–water partition coefficient (Wildman–Crippen LogP) is 1.81. The van der Waals surface area contributed by atoms with Gasteiger partial charge in [0.15, 0.2) is 0 Å². The lowest BCUT2D eigenvalue weighted by molar-refractivity contribution is -0.917. The van der Waals surface area contributed by atoms with Gasteiger partial charge in [0.05, 0.1) is 31.1 Å². The second kappa shape index (κ2) is 7.26. The molecular weight excluding hydrogens is 330 g/mol.